The van der Waals surface area contributed by atoms with Gasteiger partial charge in [-0.2, -0.15) is 0 Å². The Balaban J connectivity index is 2.81. The quantitative estimate of drug-likeness (QED) is 0.687. The van der Waals surface area contributed by atoms with E-state index in [1.165, 1.54) is 6.92 Å². The lowest BCUT2D eigenvalue weighted by molar-refractivity contribution is -0.126. The number of nitrogen functional groups attached to an aromatic ring is 1. The van der Waals surface area contributed by atoms with Crippen molar-refractivity contribution in [1.29, 1.82) is 0 Å². The maximum Gasteiger partial charge on any atom is 0.318 e. The Labute approximate surface area is 101 Å². The van der Waals surface area contributed by atoms with Gasteiger partial charge in [0.15, 0.2) is 17.7 Å². The third kappa shape index (κ3) is 3.30. The number of halogens is 2. The molecule has 0 aliphatic heterocycles. The first kappa shape index (κ1) is 13.7. The second kappa shape index (κ2) is 5.30. The van der Waals surface area contributed by atoms with Crippen LogP contribution >= 0.6 is 0 Å². The molecular weight excluding hydrogens is 248 g/mol. The first-order valence-electron chi connectivity index (χ1n) is 4.82. The number of ether oxygens (including phenoxy) is 1. The number of nitrogens with one attached hydrogen (secondary N) is 1. The highest BCUT2D eigenvalue weighted by Gasteiger charge is 2.19. The van der Waals surface area contributed by atoms with Gasteiger partial charge >= 0.3 is 6.03 Å². The van der Waals surface area contributed by atoms with Crippen LogP contribution in [0.2, 0.25) is 0 Å². The van der Waals surface area contributed by atoms with Crippen molar-refractivity contribution in [1.82, 2.24) is 5.32 Å². The lowest BCUT2D eigenvalue weighted by Gasteiger charge is -2.14. The number of benzene rings is 1. The van der Waals surface area contributed by atoms with E-state index in [9.17, 15) is 18.4 Å². The molecule has 0 bridgehead atoms. The molecule has 98 valence electrons. The van der Waals surface area contributed by atoms with Gasteiger partial charge in [0, 0.05) is 12.1 Å². The highest BCUT2D eigenvalue weighted by atomic mass is 19.1. The molecule has 0 radical (unpaired) electrons. The fourth-order valence-corrected chi connectivity index (χ4v) is 1.10. The number of urea groups is 1. The van der Waals surface area contributed by atoms with Gasteiger partial charge < -0.3 is 16.2 Å². The van der Waals surface area contributed by atoms with E-state index in [2.05, 4.69) is 0 Å². The van der Waals surface area contributed by atoms with Crippen LogP contribution in [0.15, 0.2) is 12.1 Å². The van der Waals surface area contributed by atoms with Gasteiger partial charge in [-0.05, 0) is 6.92 Å². The number of hydrogen-bond acceptors (Lipinski definition) is 4. The van der Waals surface area contributed by atoms with Crippen LogP contribution in [-0.2, 0) is 4.79 Å². The Morgan fingerprint density at radius 3 is 2.50 bits per heavy atom. The number of nitrogens with two attached hydrogens (primary N) is 2. The molecule has 1 rings (SSSR count). The van der Waals surface area contributed by atoms with Crippen molar-refractivity contribution in [3.8, 4) is 5.75 Å². The molecule has 18 heavy (non-hydrogen) atoms. The predicted molar refractivity (Wildman–Crippen MR) is 58.6 cm³/mol. The van der Waals surface area contributed by atoms with Crippen molar-refractivity contribution < 1.29 is 23.1 Å². The second-order valence-electron chi connectivity index (χ2n) is 3.42. The Bertz CT molecular complexity index is 494. The monoisotopic (exact) mass is 259 g/mol. The summed E-state index contributed by atoms with van der Waals surface area (Å²) in [6.45, 7) is 1.24. The molecule has 0 fully saturated rings. The van der Waals surface area contributed by atoms with E-state index in [-0.39, 0.29) is 5.69 Å². The molecule has 3 amide bonds. The van der Waals surface area contributed by atoms with E-state index in [4.69, 9.17) is 16.2 Å². The zero-order valence-corrected chi connectivity index (χ0v) is 9.37. The van der Waals surface area contributed by atoms with E-state index < -0.39 is 35.4 Å². The van der Waals surface area contributed by atoms with Crippen LogP contribution in [0.1, 0.15) is 6.92 Å². The van der Waals surface area contributed by atoms with Gasteiger partial charge in [-0.25, -0.2) is 13.6 Å². The molecule has 0 aliphatic rings. The van der Waals surface area contributed by atoms with Gasteiger partial charge in [0.25, 0.3) is 5.91 Å². The number of imide groups is 1. The molecule has 0 heterocycles. The van der Waals surface area contributed by atoms with Crippen LogP contribution in [0.3, 0.4) is 0 Å². The van der Waals surface area contributed by atoms with Gasteiger partial charge in [0.05, 0.1) is 5.69 Å². The fourth-order valence-electron chi connectivity index (χ4n) is 1.10. The number of hydrogen-bond donors (Lipinski definition) is 3. The minimum atomic E-state index is -1.23. The molecule has 1 aromatic rings. The fraction of sp³-hybridized carbons (Fsp3) is 0.200. The average Bonchev–Trinajstić information content (AvgIpc) is 2.24. The maximum absolute atomic E-state index is 13.3. The summed E-state index contributed by atoms with van der Waals surface area (Å²) in [4.78, 5) is 21.7. The first-order valence-corrected chi connectivity index (χ1v) is 4.82. The molecule has 5 N–H and O–H groups in total. The van der Waals surface area contributed by atoms with E-state index >= 15 is 0 Å². The van der Waals surface area contributed by atoms with Gasteiger partial charge in [0.1, 0.15) is 5.82 Å². The van der Waals surface area contributed by atoms with Crippen LogP contribution in [0.25, 0.3) is 0 Å². The summed E-state index contributed by atoms with van der Waals surface area (Å²) < 4.78 is 31.2. The third-order valence-electron chi connectivity index (χ3n) is 1.97. The van der Waals surface area contributed by atoms with E-state index in [1.807, 2.05) is 0 Å². The minimum Gasteiger partial charge on any atom is -0.478 e. The summed E-state index contributed by atoms with van der Waals surface area (Å²) in [5.74, 6) is -3.17. The maximum atomic E-state index is 13.3. The Kier molecular flexibility index (Phi) is 4.03. The van der Waals surface area contributed by atoms with Gasteiger partial charge in [-0.15, -0.1) is 0 Å². The lowest BCUT2D eigenvalue weighted by atomic mass is 10.2. The molecule has 1 unspecified atom stereocenters. The number of amides is 3. The number of rotatable bonds is 3. The largest absolute Gasteiger partial charge is 0.478 e. The van der Waals surface area contributed by atoms with Crippen molar-refractivity contribution in [3.05, 3.63) is 23.8 Å². The molecule has 0 saturated heterocycles. The number of carbonyl (C=O) groups excluding carboxylic acids is 2. The summed E-state index contributed by atoms with van der Waals surface area (Å²) >= 11 is 0. The average molecular weight is 259 g/mol. The highest BCUT2D eigenvalue weighted by Crippen LogP contribution is 2.23. The smallest absolute Gasteiger partial charge is 0.318 e. The van der Waals surface area contributed by atoms with Gasteiger partial charge in [-0.3, -0.25) is 10.1 Å². The molecule has 0 saturated carbocycles. The second-order valence-corrected chi connectivity index (χ2v) is 3.42. The zero-order valence-electron chi connectivity index (χ0n) is 9.37. The summed E-state index contributed by atoms with van der Waals surface area (Å²) in [6, 6.07) is 0.363. The lowest BCUT2D eigenvalue weighted by Crippen LogP contribution is -2.42. The molecule has 1 atom stereocenters. The van der Waals surface area contributed by atoms with Crippen LogP contribution in [0.5, 0.6) is 5.75 Å². The zero-order chi connectivity index (χ0) is 13.9. The molecule has 6 nitrogen and oxygen atoms in total. The standard InChI is InChI=1S/C10H11F2N3O3/c1-4(9(16)15-10(14)17)18-8-3-5(11)7(13)2-6(8)12/h2-4H,13H2,1H3,(H3,14,15,16,17). The Morgan fingerprint density at radius 1 is 1.33 bits per heavy atom. The van der Waals surface area contributed by atoms with Crippen molar-refractivity contribution in [2.24, 2.45) is 5.73 Å². The Hall–Kier alpha value is -2.38. The molecule has 8 heteroatoms. The number of anilines is 1. The van der Waals surface area contributed by atoms with Crippen molar-refractivity contribution in [2.45, 2.75) is 13.0 Å². The number of carbonyl (C=O) groups is 2. The van der Waals surface area contributed by atoms with E-state index in [0.29, 0.717) is 6.07 Å². The Morgan fingerprint density at radius 2 is 1.94 bits per heavy atom. The SMILES string of the molecule is CC(Oc1cc(F)c(N)cc1F)C(=O)NC(N)=O. The predicted octanol–water partition coefficient (Wildman–Crippen LogP) is 0.509. The highest BCUT2D eigenvalue weighted by molar-refractivity contribution is 5.95. The molecular formula is C10H11F2N3O3. The van der Waals surface area contributed by atoms with Gasteiger partial charge in [0.2, 0.25) is 0 Å². The minimum absolute atomic E-state index is 0.380. The molecule has 0 aromatic heterocycles. The topological polar surface area (TPSA) is 107 Å². The summed E-state index contributed by atoms with van der Waals surface area (Å²) in [5.41, 5.74) is 9.48. The van der Waals surface area contributed by atoms with E-state index in [0.717, 1.165) is 6.07 Å². The number of primary amides is 1. The van der Waals surface area contributed by atoms with Crippen LogP contribution in [0, 0.1) is 11.6 Å². The van der Waals surface area contributed by atoms with Gasteiger partial charge in [-0.1, -0.05) is 0 Å². The normalized spacial score (nSPS) is 11.7. The third-order valence-corrected chi connectivity index (χ3v) is 1.97. The molecule has 0 spiro atoms. The van der Waals surface area contributed by atoms with Crippen molar-refractivity contribution in [3.63, 3.8) is 0 Å². The van der Waals surface area contributed by atoms with Crippen LogP contribution in [0.4, 0.5) is 19.3 Å². The molecule has 0 aliphatic carbocycles. The van der Waals surface area contributed by atoms with Crippen LogP contribution < -0.4 is 21.5 Å². The first-order chi connectivity index (χ1) is 8.31. The van der Waals surface area contributed by atoms with E-state index in [1.54, 1.807) is 5.32 Å². The molecule has 1 aromatic carbocycles. The summed E-state index contributed by atoms with van der Waals surface area (Å²) in [6.07, 6.45) is -1.23. The summed E-state index contributed by atoms with van der Waals surface area (Å²) in [7, 11) is 0. The van der Waals surface area contributed by atoms with Crippen molar-refractivity contribution >= 4 is 17.6 Å². The summed E-state index contributed by atoms with van der Waals surface area (Å²) in [5, 5.41) is 1.74. The van der Waals surface area contributed by atoms with Crippen molar-refractivity contribution in [2.75, 3.05) is 5.73 Å². The van der Waals surface area contributed by atoms with Crippen LogP contribution in [-0.4, -0.2) is 18.0 Å².